The van der Waals surface area contributed by atoms with Crippen molar-refractivity contribution in [2.75, 3.05) is 6.54 Å². The number of pyridine rings is 1. The smallest absolute Gasteiger partial charge is 0.257 e. The maximum atomic E-state index is 13.2. The van der Waals surface area contributed by atoms with E-state index in [1.54, 1.807) is 29.8 Å². The highest BCUT2D eigenvalue weighted by molar-refractivity contribution is 6.30. The molecule has 0 spiro atoms. The van der Waals surface area contributed by atoms with Crippen LogP contribution in [0.25, 0.3) is 11.1 Å². The minimum absolute atomic E-state index is 0.0321. The molecular formula is C28H28ClN3O4. The van der Waals surface area contributed by atoms with E-state index in [2.05, 4.69) is 10.2 Å². The molecule has 1 unspecified atom stereocenters. The van der Waals surface area contributed by atoms with Gasteiger partial charge in [-0.05, 0) is 48.7 Å². The van der Waals surface area contributed by atoms with Crippen molar-refractivity contribution in [3.8, 4) is 0 Å². The molecule has 0 radical (unpaired) electrons. The number of hydrogen-bond acceptors (Lipinski definition) is 5. The monoisotopic (exact) mass is 505 g/mol. The van der Waals surface area contributed by atoms with Crippen LogP contribution in [0.2, 0.25) is 5.02 Å². The first-order valence-electron chi connectivity index (χ1n) is 12.0. The van der Waals surface area contributed by atoms with Crippen molar-refractivity contribution in [1.82, 2.24) is 14.8 Å². The summed E-state index contributed by atoms with van der Waals surface area (Å²) < 4.78 is 7.71. The number of carbonyl (C=O) groups excluding carboxylic acids is 1. The van der Waals surface area contributed by atoms with E-state index < -0.39 is 12.0 Å². The fraction of sp³-hybridized carbons (Fsp3) is 0.286. The number of likely N-dealkylation sites (tertiary alicyclic amines) is 1. The van der Waals surface area contributed by atoms with E-state index in [4.69, 9.17) is 16.0 Å². The zero-order valence-corrected chi connectivity index (χ0v) is 20.7. The second-order valence-electron chi connectivity index (χ2n) is 9.26. The van der Waals surface area contributed by atoms with Crippen LogP contribution in [-0.4, -0.2) is 33.1 Å². The molecule has 2 aromatic heterocycles. The summed E-state index contributed by atoms with van der Waals surface area (Å²) in [7, 11) is 1.75. The number of amides is 1. The number of furan rings is 1. The number of fused-ring (bicyclic) bond motifs is 1. The zero-order valence-electron chi connectivity index (χ0n) is 20.0. The van der Waals surface area contributed by atoms with Crippen LogP contribution in [0.5, 0.6) is 0 Å². The van der Waals surface area contributed by atoms with E-state index in [0.29, 0.717) is 28.4 Å². The number of benzene rings is 2. The third kappa shape index (κ3) is 4.95. The summed E-state index contributed by atoms with van der Waals surface area (Å²) >= 11 is 5.92. The van der Waals surface area contributed by atoms with Crippen LogP contribution in [0.1, 0.15) is 46.2 Å². The molecule has 0 aliphatic carbocycles. The number of nitrogens with one attached hydrogen (secondary N) is 1. The van der Waals surface area contributed by atoms with Crippen LogP contribution in [0.15, 0.2) is 76.1 Å². The summed E-state index contributed by atoms with van der Waals surface area (Å²) in [5, 5.41) is 14.8. The molecule has 1 saturated heterocycles. The average molecular weight is 506 g/mol. The van der Waals surface area contributed by atoms with E-state index >= 15 is 0 Å². The third-order valence-electron chi connectivity index (χ3n) is 6.79. The predicted molar refractivity (Wildman–Crippen MR) is 139 cm³/mol. The number of nitrogens with zero attached hydrogens (tertiary/aromatic N) is 2. The van der Waals surface area contributed by atoms with Crippen LogP contribution >= 0.6 is 11.6 Å². The van der Waals surface area contributed by atoms with Gasteiger partial charge in [0.2, 0.25) is 11.1 Å². The molecule has 1 fully saturated rings. The molecule has 1 amide bonds. The van der Waals surface area contributed by atoms with Crippen LogP contribution in [-0.2, 0) is 20.1 Å². The average Bonchev–Trinajstić information content (AvgIpc) is 3.54. The van der Waals surface area contributed by atoms with Crippen LogP contribution in [0.4, 0.5) is 0 Å². The summed E-state index contributed by atoms with van der Waals surface area (Å²) in [6.07, 6.45) is 2.77. The van der Waals surface area contributed by atoms with Gasteiger partial charge in [-0.25, -0.2) is 0 Å². The fourth-order valence-corrected chi connectivity index (χ4v) is 5.04. The minimum Gasteiger partial charge on any atom is -0.443 e. The molecule has 2 N–H and O–H groups in total. The van der Waals surface area contributed by atoms with E-state index in [9.17, 15) is 14.7 Å². The first-order chi connectivity index (χ1) is 17.4. The first-order valence-corrected chi connectivity index (χ1v) is 12.4. The number of hydrogen-bond donors (Lipinski definition) is 2. The second-order valence-corrected chi connectivity index (χ2v) is 9.70. The Bertz CT molecular complexity index is 1430. The van der Waals surface area contributed by atoms with Gasteiger partial charge in [0, 0.05) is 30.9 Å². The lowest BCUT2D eigenvalue weighted by Crippen LogP contribution is -2.33. The first kappa shape index (κ1) is 24.3. The van der Waals surface area contributed by atoms with E-state index in [-0.39, 0.29) is 23.6 Å². The molecule has 0 bridgehead atoms. The number of aryl methyl sites for hydroxylation is 1. The maximum Gasteiger partial charge on any atom is 0.257 e. The molecule has 8 heteroatoms. The highest BCUT2D eigenvalue weighted by Gasteiger charge is 2.32. The Hall–Kier alpha value is -3.39. The number of aliphatic hydroxyl groups is 1. The topological polar surface area (TPSA) is 87.7 Å². The van der Waals surface area contributed by atoms with Gasteiger partial charge < -0.3 is 19.4 Å². The number of aliphatic hydroxyl groups excluding tert-OH is 1. The lowest BCUT2D eigenvalue weighted by molar-refractivity contribution is 0.0656. The molecule has 2 aromatic carbocycles. The molecule has 0 saturated carbocycles. The van der Waals surface area contributed by atoms with Crippen molar-refractivity contribution < 1.29 is 14.3 Å². The standard InChI is InChI=1S/C28H28ClN3O4/c1-31-17-23(27(35)30-15-18-9-11-20(29)12-10-18)26(34)22-14-21(36-28(22)31)16-32-13-5-8-24(32)25(33)19-6-3-2-4-7-19/h2-4,6-7,9-12,14,17,24-25,33H,5,8,13,15-16H2,1H3,(H,30,35)/t24?,25-/m0/s1. The lowest BCUT2D eigenvalue weighted by atomic mass is 10.0. The van der Waals surface area contributed by atoms with Crippen molar-refractivity contribution in [1.29, 1.82) is 0 Å². The Balaban J connectivity index is 1.34. The summed E-state index contributed by atoms with van der Waals surface area (Å²) in [6.45, 7) is 1.59. The minimum atomic E-state index is -0.597. The third-order valence-corrected chi connectivity index (χ3v) is 7.04. The van der Waals surface area contributed by atoms with E-state index in [1.807, 2.05) is 42.5 Å². The Morgan fingerprint density at radius 1 is 1.19 bits per heavy atom. The molecule has 1 aliphatic heterocycles. The van der Waals surface area contributed by atoms with Crippen molar-refractivity contribution in [2.24, 2.45) is 7.05 Å². The van der Waals surface area contributed by atoms with Gasteiger partial charge in [-0.1, -0.05) is 54.1 Å². The molecule has 7 nitrogen and oxygen atoms in total. The normalized spacial score (nSPS) is 16.9. The number of aromatic nitrogens is 1. The van der Waals surface area contributed by atoms with Crippen LogP contribution in [0, 0.1) is 0 Å². The molecule has 186 valence electrons. The van der Waals surface area contributed by atoms with Crippen molar-refractivity contribution in [3.05, 3.63) is 105 Å². The zero-order chi connectivity index (χ0) is 25.2. The summed E-state index contributed by atoms with van der Waals surface area (Å²) in [5.74, 6) is 0.185. The van der Waals surface area contributed by atoms with Gasteiger partial charge in [0.05, 0.1) is 18.0 Å². The van der Waals surface area contributed by atoms with Gasteiger partial charge in [-0.15, -0.1) is 0 Å². The van der Waals surface area contributed by atoms with Gasteiger partial charge in [0.25, 0.3) is 5.91 Å². The Morgan fingerprint density at radius 2 is 1.94 bits per heavy atom. The predicted octanol–water partition coefficient (Wildman–Crippen LogP) is 4.41. The van der Waals surface area contributed by atoms with Crippen molar-refractivity contribution in [2.45, 2.75) is 38.1 Å². The van der Waals surface area contributed by atoms with Gasteiger partial charge in [0.15, 0.2) is 0 Å². The molecule has 3 heterocycles. The Morgan fingerprint density at radius 3 is 2.69 bits per heavy atom. The molecular weight excluding hydrogens is 478 g/mol. The number of carbonyl (C=O) groups is 1. The highest BCUT2D eigenvalue weighted by Crippen LogP contribution is 2.31. The largest absolute Gasteiger partial charge is 0.443 e. The molecule has 5 rings (SSSR count). The summed E-state index contributed by atoms with van der Waals surface area (Å²) in [6, 6.07) is 18.5. The number of rotatable bonds is 7. The Kier molecular flexibility index (Phi) is 6.96. The van der Waals surface area contributed by atoms with Gasteiger partial charge in [-0.2, -0.15) is 0 Å². The van der Waals surface area contributed by atoms with Crippen molar-refractivity contribution >= 4 is 28.6 Å². The molecule has 4 aromatic rings. The van der Waals surface area contributed by atoms with Gasteiger partial charge >= 0.3 is 0 Å². The lowest BCUT2D eigenvalue weighted by Gasteiger charge is -2.28. The Labute approximate surface area is 213 Å². The van der Waals surface area contributed by atoms with E-state index in [0.717, 1.165) is 30.5 Å². The highest BCUT2D eigenvalue weighted by atomic mass is 35.5. The van der Waals surface area contributed by atoms with Crippen LogP contribution in [0.3, 0.4) is 0 Å². The van der Waals surface area contributed by atoms with Crippen molar-refractivity contribution in [3.63, 3.8) is 0 Å². The summed E-state index contributed by atoms with van der Waals surface area (Å²) in [4.78, 5) is 28.2. The molecule has 2 atom stereocenters. The second kappa shape index (κ2) is 10.3. The van der Waals surface area contributed by atoms with Gasteiger partial charge in [0.1, 0.15) is 11.3 Å². The SMILES string of the molecule is Cn1cc(C(=O)NCc2ccc(Cl)cc2)c(=O)c2cc(CN3CCCC3[C@@H](O)c3ccccc3)oc21. The summed E-state index contributed by atoms with van der Waals surface area (Å²) in [5.41, 5.74) is 1.89. The van der Waals surface area contributed by atoms with Gasteiger partial charge in [-0.3, -0.25) is 14.5 Å². The number of halogens is 1. The van der Waals surface area contributed by atoms with E-state index in [1.165, 1.54) is 6.20 Å². The molecule has 36 heavy (non-hydrogen) atoms. The quantitative estimate of drug-likeness (QED) is 0.388. The molecule has 1 aliphatic rings. The fourth-order valence-electron chi connectivity index (χ4n) is 4.91. The maximum absolute atomic E-state index is 13.2. The van der Waals surface area contributed by atoms with Crippen LogP contribution < -0.4 is 10.7 Å².